The Balaban J connectivity index is 1.52. The predicted octanol–water partition coefficient (Wildman–Crippen LogP) is 0.639. The van der Waals surface area contributed by atoms with Crippen LogP contribution >= 0.6 is 0 Å². The highest BCUT2D eigenvalue weighted by atomic mass is 16.5. The summed E-state index contributed by atoms with van der Waals surface area (Å²) >= 11 is 0. The first kappa shape index (κ1) is 20.0. The van der Waals surface area contributed by atoms with Crippen LogP contribution in [0, 0.1) is 0 Å². The van der Waals surface area contributed by atoms with Crippen molar-refractivity contribution in [3.8, 4) is 0 Å². The summed E-state index contributed by atoms with van der Waals surface area (Å²) in [5, 5.41) is 0. The molecule has 1 aromatic carbocycles. The van der Waals surface area contributed by atoms with Crippen LogP contribution in [0.25, 0.3) is 11.2 Å². The molecular formula is C22H28N6O3. The van der Waals surface area contributed by atoms with Crippen molar-refractivity contribution in [1.29, 1.82) is 0 Å². The van der Waals surface area contributed by atoms with Gasteiger partial charge < -0.3 is 14.2 Å². The van der Waals surface area contributed by atoms with E-state index in [2.05, 4.69) is 21.9 Å². The normalized spacial score (nSPS) is 17.3. The Kier molecular flexibility index (Phi) is 5.37. The first-order valence-electron chi connectivity index (χ1n) is 10.9. The molecule has 0 radical (unpaired) electrons. The topological polar surface area (TPSA) is 77.5 Å². The van der Waals surface area contributed by atoms with E-state index in [4.69, 9.17) is 9.72 Å². The van der Waals surface area contributed by atoms with E-state index in [0.717, 1.165) is 45.1 Å². The Labute approximate surface area is 180 Å². The summed E-state index contributed by atoms with van der Waals surface area (Å²) in [6.45, 7) is 6.40. The summed E-state index contributed by atoms with van der Waals surface area (Å²) in [6.07, 6.45) is 0.932. The number of nitrogens with zero attached hydrogens (tertiary/aromatic N) is 6. The van der Waals surface area contributed by atoms with Gasteiger partial charge in [-0.05, 0) is 12.0 Å². The molecular weight excluding hydrogens is 396 g/mol. The van der Waals surface area contributed by atoms with Gasteiger partial charge >= 0.3 is 5.69 Å². The van der Waals surface area contributed by atoms with E-state index >= 15 is 0 Å². The van der Waals surface area contributed by atoms with E-state index in [9.17, 15) is 9.59 Å². The molecule has 4 heterocycles. The lowest BCUT2D eigenvalue weighted by Crippen LogP contribution is -2.44. The molecule has 0 N–H and O–H groups in total. The van der Waals surface area contributed by atoms with Gasteiger partial charge in [0.05, 0.1) is 13.2 Å². The molecule has 2 aliphatic heterocycles. The zero-order valence-corrected chi connectivity index (χ0v) is 17.9. The van der Waals surface area contributed by atoms with Gasteiger partial charge in [-0.1, -0.05) is 30.3 Å². The van der Waals surface area contributed by atoms with Gasteiger partial charge in [0, 0.05) is 52.9 Å². The van der Waals surface area contributed by atoms with Gasteiger partial charge in [0.1, 0.15) is 0 Å². The van der Waals surface area contributed by atoms with Crippen LogP contribution in [0.4, 0.5) is 5.95 Å². The quantitative estimate of drug-likeness (QED) is 0.598. The average Bonchev–Trinajstić information content (AvgIpc) is 3.20. The molecule has 9 heteroatoms. The van der Waals surface area contributed by atoms with Crippen LogP contribution in [0.3, 0.4) is 0 Å². The summed E-state index contributed by atoms with van der Waals surface area (Å²) in [6, 6.07) is 10.2. The van der Waals surface area contributed by atoms with Crippen molar-refractivity contribution >= 4 is 17.1 Å². The van der Waals surface area contributed by atoms with E-state index in [0.29, 0.717) is 37.5 Å². The summed E-state index contributed by atoms with van der Waals surface area (Å²) in [7, 11) is 1.70. The summed E-state index contributed by atoms with van der Waals surface area (Å²) in [5.41, 5.74) is 1.63. The van der Waals surface area contributed by atoms with Gasteiger partial charge in [0.25, 0.3) is 5.56 Å². The SMILES string of the molecule is Cn1c(=O)n(CCN2CCOCC2)c(=O)c2c1nc1n2CCCN1Cc1ccccc1. The fourth-order valence-electron chi connectivity index (χ4n) is 4.55. The molecule has 0 unspecified atom stereocenters. The van der Waals surface area contributed by atoms with Crippen LogP contribution in [0.5, 0.6) is 0 Å². The number of ether oxygens (including phenoxy) is 1. The van der Waals surface area contributed by atoms with Crippen molar-refractivity contribution in [2.45, 2.75) is 26.1 Å². The third-order valence-electron chi connectivity index (χ3n) is 6.26. The second-order valence-corrected chi connectivity index (χ2v) is 8.25. The monoisotopic (exact) mass is 424 g/mol. The average molecular weight is 425 g/mol. The lowest BCUT2D eigenvalue weighted by Gasteiger charge is -2.29. The lowest BCUT2D eigenvalue weighted by atomic mass is 10.2. The lowest BCUT2D eigenvalue weighted by molar-refractivity contribution is 0.0361. The molecule has 31 heavy (non-hydrogen) atoms. The number of anilines is 1. The molecule has 0 atom stereocenters. The minimum absolute atomic E-state index is 0.244. The van der Waals surface area contributed by atoms with Gasteiger partial charge in [-0.3, -0.25) is 18.8 Å². The third-order valence-corrected chi connectivity index (χ3v) is 6.26. The number of aryl methyl sites for hydroxylation is 2. The van der Waals surface area contributed by atoms with Crippen LogP contribution in [0.15, 0.2) is 39.9 Å². The highest BCUT2D eigenvalue weighted by Gasteiger charge is 2.26. The maximum Gasteiger partial charge on any atom is 0.332 e. The minimum atomic E-state index is -0.309. The van der Waals surface area contributed by atoms with Crippen molar-refractivity contribution in [2.75, 3.05) is 44.3 Å². The number of morpholine rings is 1. The third kappa shape index (κ3) is 3.68. The number of rotatable bonds is 5. The van der Waals surface area contributed by atoms with Crippen LogP contribution in [-0.4, -0.2) is 63.0 Å². The fourth-order valence-corrected chi connectivity index (χ4v) is 4.55. The standard InChI is InChI=1S/C22H28N6O3/c1-24-19-18(20(29)28(22(24)30)11-10-25-12-14-31-15-13-25)27-9-5-8-26(21(27)23-19)16-17-6-3-2-4-7-17/h2-4,6-7H,5,8-16H2,1H3. The maximum atomic E-state index is 13.4. The van der Waals surface area contributed by atoms with Gasteiger partial charge in [-0.25, -0.2) is 4.79 Å². The molecule has 5 rings (SSSR count). The van der Waals surface area contributed by atoms with E-state index in [1.165, 1.54) is 14.7 Å². The number of imidazole rings is 1. The molecule has 0 spiro atoms. The van der Waals surface area contributed by atoms with Crippen LogP contribution in [0.1, 0.15) is 12.0 Å². The number of aromatic nitrogens is 4. The van der Waals surface area contributed by atoms with Gasteiger partial charge in [-0.2, -0.15) is 4.98 Å². The predicted molar refractivity (Wildman–Crippen MR) is 119 cm³/mol. The minimum Gasteiger partial charge on any atom is -0.379 e. The Morgan fingerprint density at radius 1 is 1.00 bits per heavy atom. The Hall–Kier alpha value is -2.91. The zero-order chi connectivity index (χ0) is 21.4. The van der Waals surface area contributed by atoms with Gasteiger partial charge in [0.15, 0.2) is 11.2 Å². The molecule has 0 bridgehead atoms. The van der Waals surface area contributed by atoms with Crippen LogP contribution < -0.4 is 16.1 Å². The van der Waals surface area contributed by atoms with Crippen molar-refractivity contribution in [3.05, 3.63) is 56.7 Å². The fraction of sp³-hybridized carbons (Fsp3) is 0.500. The number of fused-ring (bicyclic) bond motifs is 3. The molecule has 1 saturated heterocycles. The summed E-state index contributed by atoms with van der Waals surface area (Å²) in [4.78, 5) is 35.6. The highest BCUT2D eigenvalue weighted by molar-refractivity contribution is 5.75. The number of hydrogen-bond donors (Lipinski definition) is 0. The molecule has 0 aliphatic carbocycles. The highest BCUT2D eigenvalue weighted by Crippen LogP contribution is 2.25. The van der Waals surface area contributed by atoms with Crippen molar-refractivity contribution < 1.29 is 4.74 Å². The summed E-state index contributed by atoms with van der Waals surface area (Å²) < 4.78 is 10.3. The second-order valence-electron chi connectivity index (χ2n) is 8.25. The molecule has 0 amide bonds. The van der Waals surface area contributed by atoms with Gasteiger partial charge in [-0.15, -0.1) is 0 Å². The second kappa shape index (κ2) is 8.32. The van der Waals surface area contributed by atoms with Crippen LogP contribution in [-0.2, 0) is 31.4 Å². The molecule has 2 aromatic heterocycles. The molecule has 0 saturated carbocycles. The molecule has 3 aromatic rings. The first-order chi connectivity index (χ1) is 15.1. The molecule has 2 aliphatic rings. The Morgan fingerprint density at radius 2 is 1.77 bits per heavy atom. The van der Waals surface area contributed by atoms with E-state index in [-0.39, 0.29) is 11.2 Å². The Bertz CT molecular complexity index is 1190. The van der Waals surface area contributed by atoms with Crippen molar-refractivity contribution in [1.82, 2.24) is 23.6 Å². The molecule has 1 fully saturated rings. The van der Waals surface area contributed by atoms with Crippen molar-refractivity contribution in [2.24, 2.45) is 7.05 Å². The first-order valence-corrected chi connectivity index (χ1v) is 10.9. The zero-order valence-electron chi connectivity index (χ0n) is 17.9. The Morgan fingerprint density at radius 3 is 2.55 bits per heavy atom. The van der Waals surface area contributed by atoms with E-state index in [1.807, 2.05) is 22.8 Å². The van der Waals surface area contributed by atoms with Gasteiger partial charge in [0.2, 0.25) is 5.95 Å². The maximum absolute atomic E-state index is 13.4. The number of benzene rings is 1. The largest absolute Gasteiger partial charge is 0.379 e. The van der Waals surface area contributed by atoms with E-state index in [1.54, 1.807) is 7.05 Å². The van der Waals surface area contributed by atoms with E-state index < -0.39 is 0 Å². The van der Waals surface area contributed by atoms with Crippen LogP contribution in [0.2, 0.25) is 0 Å². The smallest absolute Gasteiger partial charge is 0.332 e. The molecule has 164 valence electrons. The number of hydrogen-bond acceptors (Lipinski definition) is 6. The summed E-state index contributed by atoms with van der Waals surface area (Å²) in [5.74, 6) is 0.767. The molecule has 9 nitrogen and oxygen atoms in total. The van der Waals surface area contributed by atoms with Crippen molar-refractivity contribution in [3.63, 3.8) is 0 Å².